The van der Waals surface area contributed by atoms with E-state index in [1.807, 2.05) is 50.4 Å². The SMILES string of the molecule is CC(OC(=O)c1cccnc1C1=NC(C)(C(C)C)C(=O)N1)c1cnn(-c2ccccc2)c1. The van der Waals surface area contributed by atoms with Gasteiger partial charge in [0.2, 0.25) is 0 Å². The molecular formula is C24H25N5O3. The molecule has 0 aliphatic carbocycles. The minimum Gasteiger partial charge on any atom is -0.454 e. The lowest BCUT2D eigenvalue weighted by Crippen LogP contribution is -2.41. The number of para-hydroxylation sites is 1. The Hall–Kier alpha value is -3.81. The molecule has 8 heteroatoms. The number of pyridine rings is 1. The standard InChI is InChI=1S/C24H25N5O3/c1-15(2)24(4)23(31)27-21(28-24)20-19(11-8-12-25-20)22(30)32-16(3)17-13-26-29(14-17)18-9-6-5-7-10-18/h5-16H,1-4H3,(H,27,28,31). The molecule has 0 saturated heterocycles. The molecule has 3 heterocycles. The predicted molar refractivity (Wildman–Crippen MR) is 120 cm³/mol. The number of hydrogen-bond acceptors (Lipinski definition) is 6. The van der Waals surface area contributed by atoms with Crippen LogP contribution in [0.1, 0.15) is 55.4 Å². The van der Waals surface area contributed by atoms with Gasteiger partial charge >= 0.3 is 5.97 Å². The molecule has 1 aromatic carbocycles. The highest BCUT2D eigenvalue weighted by Crippen LogP contribution is 2.28. The van der Waals surface area contributed by atoms with E-state index in [9.17, 15) is 9.59 Å². The Labute approximate surface area is 186 Å². The highest BCUT2D eigenvalue weighted by Gasteiger charge is 2.43. The largest absolute Gasteiger partial charge is 0.454 e. The minimum atomic E-state index is -0.909. The van der Waals surface area contributed by atoms with Gasteiger partial charge in [-0.05, 0) is 44.0 Å². The molecule has 0 radical (unpaired) electrons. The predicted octanol–water partition coefficient (Wildman–Crippen LogP) is 3.48. The molecule has 2 aromatic heterocycles. The second kappa shape index (κ2) is 8.37. The van der Waals surface area contributed by atoms with Crippen molar-refractivity contribution in [2.24, 2.45) is 10.9 Å². The lowest BCUT2D eigenvalue weighted by molar-refractivity contribution is -0.124. The van der Waals surface area contributed by atoms with Crippen molar-refractivity contribution < 1.29 is 14.3 Å². The van der Waals surface area contributed by atoms with Crippen LogP contribution in [0, 0.1) is 5.92 Å². The zero-order valence-corrected chi connectivity index (χ0v) is 18.4. The first-order valence-corrected chi connectivity index (χ1v) is 10.5. The zero-order chi connectivity index (χ0) is 22.9. The summed E-state index contributed by atoms with van der Waals surface area (Å²) < 4.78 is 7.43. The molecule has 4 rings (SSSR count). The third-order valence-corrected chi connectivity index (χ3v) is 5.79. The van der Waals surface area contributed by atoms with E-state index in [2.05, 4.69) is 20.4 Å². The number of ether oxygens (including phenoxy) is 1. The fourth-order valence-electron chi connectivity index (χ4n) is 3.37. The first-order valence-electron chi connectivity index (χ1n) is 10.5. The smallest absolute Gasteiger partial charge is 0.341 e. The van der Waals surface area contributed by atoms with Crippen LogP contribution in [-0.4, -0.2) is 38.0 Å². The number of carbonyl (C=O) groups is 2. The molecule has 1 N–H and O–H groups in total. The summed E-state index contributed by atoms with van der Waals surface area (Å²) in [6, 6.07) is 12.9. The molecule has 8 nitrogen and oxygen atoms in total. The van der Waals surface area contributed by atoms with Crippen LogP contribution in [-0.2, 0) is 9.53 Å². The highest BCUT2D eigenvalue weighted by molar-refractivity contribution is 6.17. The average molecular weight is 431 g/mol. The van der Waals surface area contributed by atoms with E-state index in [1.54, 1.807) is 43.1 Å². The number of aromatic nitrogens is 3. The van der Waals surface area contributed by atoms with Crippen LogP contribution in [0.3, 0.4) is 0 Å². The molecule has 1 aliphatic rings. The van der Waals surface area contributed by atoms with Crippen molar-refractivity contribution in [3.63, 3.8) is 0 Å². The highest BCUT2D eigenvalue weighted by atomic mass is 16.5. The van der Waals surface area contributed by atoms with Crippen LogP contribution in [0.15, 0.2) is 66.0 Å². The lowest BCUT2D eigenvalue weighted by atomic mass is 9.89. The first-order chi connectivity index (χ1) is 15.3. The van der Waals surface area contributed by atoms with E-state index in [0.717, 1.165) is 11.3 Å². The summed E-state index contributed by atoms with van der Waals surface area (Å²) in [5, 5.41) is 7.13. The molecule has 0 bridgehead atoms. The molecule has 32 heavy (non-hydrogen) atoms. The summed E-state index contributed by atoms with van der Waals surface area (Å²) in [7, 11) is 0. The van der Waals surface area contributed by atoms with Gasteiger partial charge in [0.05, 0.1) is 17.4 Å². The maximum absolute atomic E-state index is 13.0. The summed E-state index contributed by atoms with van der Waals surface area (Å²) in [6.07, 6.45) is 4.52. The second-order valence-corrected chi connectivity index (χ2v) is 8.22. The third-order valence-electron chi connectivity index (χ3n) is 5.79. The van der Waals surface area contributed by atoms with Gasteiger partial charge in [-0.15, -0.1) is 0 Å². The van der Waals surface area contributed by atoms with E-state index in [1.165, 1.54) is 0 Å². The third kappa shape index (κ3) is 3.91. The normalized spacial score (nSPS) is 18.9. The molecule has 2 unspecified atom stereocenters. The number of hydrogen-bond donors (Lipinski definition) is 1. The number of amidine groups is 1. The fraction of sp³-hybridized carbons (Fsp3) is 0.292. The Balaban J connectivity index is 1.55. The molecule has 0 fully saturated rings. The van der Waals surface area contributed by atoms with E-state index < -0.39 is 17.6 Å². The van der Waals surface area contributed by atoms with E-state index >= 15 is 0 Å². The van der Waals surface area contributed by atoms with Gasteiger partial charge in [-0.25, -0.2) is 14.5 Å². The molecule has 3 aromatic rings. The molecule has 164 valence electrons. The molecule has 1 aliphatic heterocycles. The number of nitrogens with zero attached hydrogens (tertiary/aromatic N) is 4. The van der Waals surface area contributed by atoms with Crippen LogP contribution in [0.2, 0.25) is 0 Å². The maximum Gasteiger partial charge on any atom is 0.341 e. The first kappa shape index (κ1) is 21.4. The van der Waals surface area contributed by atoms with Crippen molar-refractivity contribution >= 4 is 17.7 Å². The van der Waals surface area contributed by atoms with Crippen molar-refractivity contribution in [1.82, 2.24) is 20.1 Å². The number of rotatable bonds is 6. The van der Waals surface area contributed by atoms with Crippen molar-refractivity contribution in [3.05, 3.63) is 77.9 Å². The van der Waals surface area contributed by atoms with Gasteiger partial charge < -0.3 is 10.1 Å². The Bertz CT molecular complexity index is 1190. The van der Waals surface area contributed by atoms with Gasteiger partial charge in [0, 0.05) is 18.0 Å². The Morgan fingerprint density at radius 1 is 1.12 bits per heavy atom. The summed E-state index contributed by atoms with van der Waals surface area (Å²) in [6.45, 7) is 7.41. The van der Waals surface area contributed by atoms with Crippen molar-refractivity contribution in [1.29, 1.82) is 0 Å². The van der Waals surface area contributed by atoms with E-state index in [4.69, 9.17) is 4.74 Å². The van der Waals surface area contributed by atoms with Gasteiger partial charge in [0.15, 0.2) is 5.84 Å². The monoisotopic (exact) mass is 431 g/mol. The molecule has 2 atom stereocenters. The van der Waals surface area contributed by atoms with Gasteiger partial charge in [0.1, 0.15) is 17.3 Å². The van der Waals surface area contributed by atoms with Gasteiger partial charge in [-0.2, -0.15) is 5.10 Å². The second-order valence-electron chi connectivity index (χ2n) is 8.22. The van der Waals surface area contributed by atoms with E-state index in [0.29, 0.717) is 5.69 Å². The fourth-order valence-corrected chi connectivity index (χ4v) is 3.37. The summed E-state index contributed by atoms with van der Waals surface area (Å²) in [5.41, 5.74) is 1.29. The minimum absolute atomic E-state index is 0.0136. The molecule has 0 spiro atoms. The maximum atomic E-state index is 13.0. The molecular weight excluding hydrogens is 406 g/mol. The molecule has 1 amide bonds. The Morgan fingerprint density at radius 2 is 1.88 bits per heavy atom. The number of benzene rings is 1. The van der Waals surface area contributed by atoms with Crippen LogP contribution in [0.25, 0.3) is 5.69 Å². The molecule has 0 saturated carbocycles. The number of esters is 1. The Morgan fingerprint density at radius 3 is 2.56 bits per heavy atom. The van der Waals surface area contributed by atoms with Crippen LogP contribution < -0.4 is 5.32 Å². The number of carbonyl (C=O) groups excluding carboxylic acids is 2. The summed E-state index contributed by atoms with van der Waals surface area (Å²) in [5.74, 6) is -0.499. The lowest BCUT2D eigenvalue weighted by Gasteiger charge is -2.21. The number of aliphatic imine (C=N–C) groups is 1. The Kier molecular flexibility index (Phi) is 5.61. The summed E-state index contributed by atoms with van der Waals surface area (Å²) in [4.78, 5) is 34.4. The van der Waals surface area contributed by atoms with Crippen LogP contribution >= 0.6 is 0 Å². The number of nitrogens with one attached hydrogen (secondary N) is 1. The summed E-state index contributed by atoms with van der Waals surface area (Å²) >= 11 is 0. The average Bonchev–Trinajstić information content (AvgIpc) is 3.40. The van der Waals surface area contributed by atoms with Gasteiger partial charge in [-0.1, -0.05) is 32.0 Å². The quantitative estimate of drug-likeness (QED) is 0.603. The van der Waals surface area contributed by atoms with E-state index in [-0.39, 0.29) is 23.2 Å². The van der Waals surface area contributed by atoms with Crippen LogP contribution in [0.4, 0.5) is 0 Å². The zero-order valence-electron chi connectivity index (χ0n) is 18.4. The van der Waals surface area contributed by atoms with Crippen molar-refractivity contribution in [2.45, 2.75) is 39.3 Å². The van der Waals surface area contributed by atoms with Crippen molar-refractivity contribution in [3.8, 4) is 5.69 Å². The topological polar surface area (TPSA) is 98.5 Å². The van der Waals surface area contributed by atoms with Gasteiger partial charge in [0.25, 0.3) is 5.91 Å². The number of amides is 1. The van der Waals surface area contributed by atoms with Gasteiger partial charge in [-0.3, -0.25) is 9.78 Å². The van der Waals surface area contributed by atoms with Crippen molar-refractivity contribution in [2.75, 3.05) is 0 Å². The van der Waals surface area contributed by atoms with Crippen LogP contribution in [0.5, 0.6) is 0 Å².